The monoisotopic (exact) mass is 403 g/mol. The van der Waals surface area contributed by atoms with Crippen molar-refractivity contribution in [3.05, 3.63) is 18.2 Å². The summed E-state index contributed by atoms with van der Waals surface area (Å²) in [6, 6.07) is 0. The Morgan fingerprint density at radius 3 is 2.59 bits per heavy atom. The lowest BCUT2D eigenvalue weighted by atomic mass is 9.77. The first-order chi connectivity index (χ1) is 13.9. The molecule has 29 heavy (non-hydrogen) atoms. The van der Waals surface area contributed by atoms with Gasteiger partial charge in [-0.05, 0) is 25.2 Å². The minimum atomic E-state index is -0.0200. The molecule has 2 fully saturated rings. The van der Waals surface area contributed by atoms with E-state index in [0.717, 1.165) is 32.4 Å². The molecule has 7 heteroatoms. The zero-order chi connectivity index (χ0) is 20.9. The second-order valence-corrected chi connectivity index (χ2v) is 9.19. The highest BCUT2D eigenvalue weighted by molar-refractivity contribution is 5.92. The molecule has 1 N–H and O–H groups in total. The minimum Gasteiger partial charge on any atom is -0.354 e. The second-order valence-electron chi connectivity index (χ2n) is 9.19. The molecule has 0 aromatic carbocycles. The van der Waals surface area contributed by atoms with E-state index in [1.54, 1.807) is 17.1 Å². The molecule has 0 bridgehead atoms. The lowest BCUT2D eigenvalue weighted by Gasteiger charge is -2.47. The summed E-state index contributed by atoms with van der Waals surface area (Å²) < 4.78 is 1.76. The summed E-state index contributed by atoms with van der Waals surface area (Å²) in [6.07, 6.45) is 10.6. The molecule has 1 aromatic heterocycles. The zero-order valence-corrected chi connectivity index (χ0v) is 18.3. The van der Waals surface area contributed by atoms with Gasteiger partial charge in [0.25, 0.3) is 5.91 Å². The van der Waals surface area contributed by atoms with Gasteiger partial charge in [0.15, 0.2) is 0 Å². The van der Waals surface area contributed by atoms with Crippen LogP contribution in [0.4, 0.5) is 0 Å². The van der Waals surface area contributed by atoms with Gasteiger partial charge in [0.2, 0.25) is 5.91 Å². The van der Waals surface area contributed by atoms with Crippen molar-refractivity contribution < 1.29 is 9.59 Å². The maximum Gasteiger partial charge on any atom is 0.272 e. The molecule has 0 unspecified atom stereocenters. The summed E-state index contributed by atoms with van der Waals surface area (Å²) in [6.45, 7) is 8.17. The average Bonchev–Trinajstić information content (AvgIpc) is 3.10. The van der Waals surface area contributed by atoms with Crippen LogP contribution in [0.3, 0.4) is 0 Å². The van der Waals surface area contributed by atoms with E-state index in [-0.39, 0.29) is 17.4 Å². The van der Waals surface area contributed by atoms with E-state index in [2.05, 4.69) is 29.0 Å². The predicted molar refractivity (Wildman–Crippen MR) is 114 cm³/mol. The Labute approximate surface area is 174 Å². The Hall–Kier alpha value is -1.89. The first-order valence-electron chi connectivity index (χ1n) is 11.2. The highest BCUT2D eigenvalue weighted by Gasteiger charge is 2.40. The van der Waals surface area contributed by atoms with Crippen LogP contribution in [0.25, 0.3) is 0 Å². The van der Waals surface area contributed by atoms with Crippen molar-refractivity contribution in [1.29, 1.82) is 0 Å². The molecule has 7 nitrogen and oxygen atoms in total. The fourth-order valence-corrected chi connectivity index (χ4v) is 4.96. The van der Waals surface area contributed by atoms with Gasteiger partial charge in [0, 0.05) is 51.7 Å². The van der Waals surface area contributed by atoms with Gasteiger partial charge in [-0.3, -0.25) is 14.5 Å². The van der Waals surface area contributed by atoms with Gasteiger partial charge in [0.1, 0.15) is 5.69 Å². The van der Waals surface area contributed by atoms with E-state index in [1.165, 1.54) is 19.3 Å². The van der Waals surface area contributed by atoms with E-state index in [9.17, 15) is 9.59 Å². The Kier molecular flexibility index (Phi) is 7.33. The molecule has 0 atom stereocenters. The summed E-state index contributed by atoms with van der Waals surface area (Å²) in [7, 11) is 1.84. The standard InChI is InChI=1S/C22H37N5O2/c1-18(2)16-27-12-7-11-26(21(29)19-15-23-17-25(19)3)13-10-24-20(28)14-22(27)8-5-4-6-9-22/h15,17-18H,4-14,16H2,1-3H3,(H,24,28). The molecular formula is C22H37N5O2. The van der Waals surface area contributed by atoms with Gasteiger partial charge in [-0.2, -0.15) is 0 Å². The van der Waals surface area contributed by atoms with Gasteiger partial charge in [0.05, 0.1) is 12.5 Å². The number of carbonyl (C=O) groups excluding carboxylic acids is 2. The van der Waals surface area contributed by atoms with Crippen molar-refractivity contribution in [3.8, 4) is 0 Å². The number of aromatic nitrogens is 2. The molecule has 1 spiro atoms. The largest absolute Gasteiger partial charge is 0.354 e. The van der Waals surface area contributed by atoms with Crippen LogP contribution in [0.5, 0.6) is 0 Å². The number of imidazole rings is 1. The van der Waals surface area contributed by atoms with Crippen molar-refractivity contribution in [2.24, 2.45) is 13.0 Å². The summed E-state index contributed by atoms with van der Waals surface area (Å²) in [5.74, 6) is 0.658. The third-order valence-corrected chi connectivity index (χ3v) is 6.41. The van der Waals surface area contributed by atoms with Crippen LogP contribution in [0.15, 0.2) is 12.5 Å². The maximum absolute atomic E-state index is 13.0. The molecule has 2 amide bonds. The molecule has 0 radical (unpaired) electrons. The molecule has 1 aromatic rings. The summed E-state index contributed by atoms with van der Waals surface area (Å²) in [5, 5.41) is 3.09. The fraction of sp³-hybridized carbons (Fsp3) is 0.773. The predicted octanol–water partition coefficient (Wildman–Crippen LogP) is 2.43. The summed E-state index contributed by atoms with van der Waals surface area (Å²) in [4.78, 5) is 34.3. The zero-order valence-electron chi connectivity index (χ0n) is 18.3. The van der Waals surface area contributed by atoms with Crippen LogP contribution >= 0.6 is 0 Å². The number of aryl methyl sites for hydroxylation is 1. The number of nitrogens with zero attached hydrogens (tertiary/aromatic N) is 4. The van der Waals surface area contributed by atoms with E-state index in [0.29, 0.717) is 37.7 Å². The Morgan fingerprint density at radius 1 is 1.17 bits per heavy atom. The number of hydrogen-bond acceptors (Lipinski definition) is 4. The van der Waals surface area contributed by atoms with Crippen molar-refractivity contribution in [2.75, 3.05) is 32.7 Å². The minimum absolute atomic E-state index is 0.0127. The van der Waals surface area contributed by atoms with Crippen LogP contribution in [0, 0.1) is 5.92 Å². The highest BCUT2D eigenvalue weighted by Crippen LogP contribution is 2.37. The number of carbonyl (C=O) groups is 2. The molecular weight excluding hydrogens is 366 g/mol. The third kappa shape index (κ3) is 5.38. The number of hydrogen-bond donors (Lipinski definition) is 1. The molecule has 162 valence electrons. The number of rotatable bonds is 3. The van der Waals surface area contributed by atoms with Gasteiger partial charge in [-0.25, -0.2) is 4.98 Å². The van der Waals surface area contributed by atoms with E-state index < -0.39 is 0 Å². The normalized spacial score (nSPS) is 21.8. The van der Waals surface area contributed by atoms with Gasteiger partial charge in [-0.15, -0.1) is 0 Å². The van der Waals surface area contributed by atoms with Crippen molar-refractivity contribution in [3.63, 3.8) is 0 Å². The van der Waals surface area contributed by atoms with Crippen LogP contribution in [-0.4, -0.2) is 69.4 Å². The lowest BCUT2D eigenvalue weighted by Crippen LogP contribution is -2.54. The number of amides is 2. The maximum atomic E-state index is 13.0. The molecule has 1 aliphatic heterocycles. The topological polar surface area (TPSA) is 70.5 Å². The fourth-order valence-electron chi connectivity index (χ4n) is 4.96. The SMILES string of the molecule is CC(C)CN1CCCN(C(=O)c2cncn2C)CCNC(=O)CC12CCCCC2. The molecule has 1 aliphatic carbocycles. The van der Waals surface area contributed by atoms with Crippen molar-refractivity contribution >= 4 is 11.8 Å². The third-order valence-electron chi connectivity index (χ3n) is 6.41. The lowest BCUT2D eigenvalue weighted by molar-refractivity contribution is -0.125. The first-order valence-corrected chi connectivity index (χ1v) is 11.2. The van der Waals surface area contributed by atoms with Crippen LogP contribution < -0.4 is 5.32 Å². The van der Waals surface area contributed by atoms with Gasteiger partial charge in [-0.1, -0.05) is 33.1 Å². The average molecular weight is 404 g/mol. The van der Waals surface area contributed by atoms with E-state index in [1.807, 2.05) is 11.9 Å². The molecule has 1 saturated carbocycles. The molecule has 2 aliphatic rings. The molecule has 2 heterocycles. The van der Waals surface area contributed by atoms with E-state index >= 15 is 0 Å². The quantitative estimate of drug-likeness (QED) is 0.842. The summed E-state index contributed by atoms with van der Waals surface area (Å²) >= 11 is 0. The van der Waals surface area contributed by atoms with Crippen molar-refractivity contribution in [2.45, 2.75) is 64.3 Å². The van der Waals surface area contributed by atoms with Gasteiger partial charge < -0.3 is 14.8 Å². The number of nitrogens with one attached hydrogen (secondary N) is 1. The highest BCUT2D eigenvalue weighted by atomic mass is 16.2. The second kappa shape index (κ2) is 9.74. The van der Waals surface area contributed by atoms with Crippen LogP contribution in [0.2, 0.25) is 0 Å². The Bertz CT molecular complexity index is 693. The van der Waals surface area contributed by atoms with Crippen LogP contribution in [0.1, 0.15) is 69.3 Å². The molecule has 3 rings (SSSR count). The Morgan fingerprint density at radius 2 is 1.93 bits per heavy atom. The first kappa shape index (κ1) is 21.8. The summed E-state index contributed by atoms with van der Waals surface area (Å²) in [5.41, 5.74) is 0.572. The smallest absolute Gasteiger partial charge is 0.272 e. The van der Waals surface area contributed by atoms with Crippen molar-refractivity contribution in [1.82, 2.24) is 24.7 Å². The van der Waals surface area contributed by atoms with E-state index in [4.69, 9.17) is 0 Å². The van der Waals surface area contributed by atoms with Crippen LogP contribution in [-0.2, 0) is 11.8 Å². The molecule has 1 saturated heterocycles. The van der Waals surface area contributed by atoms with Gasteiger partial charge >= 0.3 is 0 Å². The Balaban J connectivity index is 1.78.